The van der Waals surface area contributed by atoms with E-state index in [9.17, 15) is 4.79 Å². The van der Waals surface area contributed by atoms with Crippen molar-refractivity contribution in [2.45, 2.75) is 32.7 Å². The lowest BCUT2D eigenvalue weighted by atomic mass is 10.2. The minimum absolute atomic E-state index is 0.288. The molecular weight excluding hydrogens is 130 g/mol. The number of hydrogen-bond donors (Lipinski definition) is 1. The number of ether oxygens (including phenoxy) is 1. The Hall–Kier alpha value is -0.570. The van der Waals surface area contributed by atoms with E-state index in [2.05, 4.69) is 0 Å². The van der Waals surface area contributed by atoms with E-state index in [4.69, 9.17) is 10.5 Å². The van der Waals surface area contributed by atoms with Crippen LogP contribution in [0, 0.1) is 0 Å². The number of nitrogens with two attached hydrogens (primary N) is 1. The standard InChI is InChI=1S/C7H15NO2/c1-3-5-6(8)7(9)10-4-2/h6H,3-5,8H2,1-2H3/t6-/m0/s1. The molecule has 0 aromatic heterocycles. The van der Waals surface area contributed by atoms with E-state index in [1.807, 2.05) is 6.92 Å². The molecule has 0 saturated heterocycles. The summed E-state index contributed by atoms with van der Waals surface area (Å²) in [6.45, 7) is 4.17. The fourth-order valence-electron chi connectivity index (χ4n) is 0.678. The van der Waals surface area contributed by atoms with E-state index in [0.29, 0.717) is 13.0 Å². The normalized spacial score (nSPS) is 12.7. The highest BCUT2D eigenvalue weighted by Gasteiger charge is 2.11. The summed E-state index contributed by atoms with van der Waals surface area (Å²) in [5, 5.41) is 0. The van der Waals surface area contributed by atoms with E-state index >= 15 is 0 Å². The molecule has 0 unspecified atom stereocenters. The Labute approximate surface area is 61.5 Å². The molecule has 10 heavy (non-hydrogen) atoms. The van der Waals surface area contributed by atoms with E-state index < -0.39 is 6.04 Å². The molecule has 0 radical (unpaired) electrons. The first-order valence-electron chi connectivity index (χ1n) is 3.64. The molecule has 3 nitrogen and oxygen atoms in total. The molecular formula is C7H15NO2. The minimum atomic E-state index is -0.426. The third-order valence-corrected chi connectivity index (χ3v) is 1.19. The zero-order chi connectivity index (χ0) is 7.98. The quantitative estimate of drug-likeness (QED) is 0.592. The van der Waals surface area contributed by atoms with E-state index in [1.54, 1.807) is 6.92 Å². The van der Waals surface area contributed by atoms with Crippen LogP contribution in [0.3, 0.4) is 0 Å². The predicted octanol–water partition coefficient (Wildman–Crippen LogP) is 0.677. The number of hydrogen-bond acceptors (Lipinski definition) is 3. The zero-order valence-corrected chi connectivity index (χ0v) is 6.59. The summed E-state index contributed by atoms with van der Waals surface area (Å²) in [7, 11) is 0. The van der Waals surface area contributed by atoms with Crippen molar-refractivity contribution >= 4 is 5.97 Å². The van der Waals surface area contributed by atoms with Gasteiger partial charge < -0.3 is 10.5 Å². The third kappa shape index (κ3) is 3.45. The first-order chi connectivity index (χ1) is 4.72. The van der Waals surface area contributed by atoms with Gasteiger partial charge in [-0.2, -0.15) is 0 Å². The van der Waals surface area contributed by atoms with Crippen LogP contribution in [-0.2, 0) is 9.53 Å². The summed E-state index contributed by atoms with van der Waals surface area (Å²) < 4.78 is 4.69. The predicted molar refractivity (Wildman–Crippen MR) is 39.5 cm³/mol. The van der Waals surface area contributed by atoms with Crippen molar-refractivity contribution in [1.82, 2.24) is 0 Å². The largest absolute Gasteiger partial charge is 0.465 e. The van der Waals surface area contributed by atoms with Gasteiger partial charge in [-0.1, -0.05) is 13.3 Å². The molecule has 0 rings (SSSR count). The van der Waals surface area contributed by atoms with Crippen LogP contribution < -0.4 is 5.73 Å². The summed E-state index contributed by atoms with van der Waals surface area (Å²) in [5.41, 5.74) is 5.44. The molecule has 0 amide bonds. The SMILES string of the molecule is CCC[C@H](N)C(=O)OCC. The van der Waals surface area contributed by atoms with Crippen molar-refractivity contribution in [3.63, 3.8) is 0 Å². The Morgan fingerprint density at radius 1 is 1.60 bits per heavy atom. The molecule has 1 atom stereocenters. The van der Waals surface area contributed by atoms with Crippen molar-refractivity contribution in [3.05, 3.63) is 0 Å². The van der Waals surface area contributed by atoms with Gasteiger partial charge >= 0.3 is 5.97 Å². The molecule has 2 N–H and O–H groups in total. The summed E-state index contributed by atoms with van der Waals surface area (Å²) in [5.74, 6) is -0.288. The third-order valence-electron chi connectivity index (χ3n) is 1.19. The maximum Gasteiger partial charge on any atom is 0.322 e. The average molecular weight is 145 g/mol. The highest BCUT2D eigenvalue weighted by atomic mass is 16.5. The van der Waals surface area contributed by atoms with E-state index in [0.717, 1.165) is 6.42 Å². The van der Waals surface area contributed by atoms with Crippen LogP contribution in [0.15, 0.2) is 0 Å². The second kappa shape index (κ2) is 5.23. The van der Waals surface area contributed by atoms with Crippen LogP contribution in [0.1, 0.15) is 26.7 Å². The first-order valence-corrected chi connectivity index (χ1v) is 3.64. The molecule has 0 bridgehead atoms. The topological polar surface area (TPSA) is 52.3 Å². The van der Waals surface area contributed by atoms with Crippen LogP contribution in [0.25, 0.3) is 0 Å². The number of rotatable bonds is 4. The Bertz CT molecular complexity index is 104. The molecule has 0 aromatic rings. The lowest BCUT2D eigenvalue weighted by Gasteiger charge is -2.07. The molecule has 0 spiro atoms. The maximum atomic E-state index is 10.8. The molecule has 0 saturated carbocycles. The van der Waals surface area contributed by atoms with E-state index in [1.165, 1.54) is 0 Å². The molecule has 0 aliphatic heterocycles. The summed E-state index contributed by atoms with van der Waals surface area (Å²) in [4.78, 5) is 10.8. The van der Waals surface area contributed by atoms with Crippen molar-refractivity contribution in [1.29, 1.82) is 0 Å². The Balaban J connectivity index is 3.49. The lowest BCUT2D eigenvalue weighted by molar-refractivity contribution is -0.144. The maximum absolute atomic E-state index is 10.8. The first kappa shape index (κ1) is 9.43. The Kier molecular flexibility index (Phi) is 4.94. The highest BCUT2D eigenvalue weighted by molar-refractivity contribution is 5.75. The van der Waals surface area contributed by atoms with Crippen LogP contribution in [0.4, 0.5) is 0 Å². The summed E-state index contributed by atoms with van der Waals surface area (Å²) in [6, 6.07) is -0.426. The second-order valence-corrected chi connectivity index (χ2v) is 2.15. The molecule has 0 aromatic carbocycles. The van der Waals surface area contributed by atoms with Crippen LogP contribution in [0.2, 0.25) is 0 Å². The monoisotopic (exact) mass is 145 g/mol. The molecule has 60 valence electrons. The fraction of sp³-hybridized carbons (Fsp3) is 0.857. The van der Waals surface area contributed by atoms with Crippen LogP contribution in [-0.4, -0.2) is 18.6 Å². The molecule has 0 aliphatic carbocycles. The molecule has 3 heteroatoms. The van der Waals surface area contributed by atoms with Crippen molar-refractivity contribution in [2.75, 3.05) is 6.61 Å². The number of carbonyl (C=O) groups is 1. The van der Waals surface area contributed by atoms with E-state index in [-0.39, 0.29) is 5.97 Å². The van der Waals surface area contributed by atoms with Crippen molar-refractivity contribution in [3.8, 4) is 0 Å². The van der Waals surface area contributed by atoms with Gasteiger partial charge in [-0.25, -0.2) is 0 Å². The lowest BCUT2D eigenvalue weighted by Crippen LogP contribution is -2.31. The Morgan fingerprint density at radius 3 is 2.60 bits per heavy atom. The van der Waals surface area contributed by atoms with Gasteiger partial charge in [0.15, 0.2) is 0 Å². The van der Waals surface area contributed by atoms with Crippen LogP contribution in [0.5, 0.6) is 0 Å². The van der Waals surface area contributed by atoms with Gasteiger partial charge in [0.25, 0.3) is 0 Å². The molecule has 0 fully saturated rings. The van der Waals surface area contributed by atoms with Gasteiger partial charge in [0, 0.05) is 0 Å². The molecule has 0 heterocycles. The van der Waals surface area contributed by atoms with Gasteiger partial charge in [-0.3, -0.25) is 4.79 Å². The Morgan fingerprint density at radius 2 is 2.20 bits per heavy atom. The molecule has 0 aliphatic rings. The van der Waals surface area contributed by atoms with Crippen molar-refractivity contribution < 1.29 is 9.53 Å². The zero-order valence-electron chi connectivity index (χ0n) is 6.59. The van der Waals surface area contributed by atoms with Crippen LogP contribution >= 0.6 is 0 Å². The smallest absolute Gasteiger partial charge is 0.322 e. The minimum Gasteiger partial charge on any atom is -0.465 e. The average Bonchev–Trinajstić information content (AvgIpc) is 1.89. The summed E-state index contributed by atoms with van der Waals surface area (Å²) in [6.07, 6.45) is 1.62. The fourth-order valence-corrected chi connectivity index (χ4v) is 0.678. The van der Waals surface area contributed by atoms with Gasteiger partial charge in [0.1, 0.15) is 6.04 Å². The van der Waals surface area contributed by atoms with Gasteiger partial charge in [-0.15, -0.1) is 0 Å². The second-order valence-electron chi connectivity index (χ2n) is 2.15. The summed E-state index contributed by atoms with van der Waals surface area (Å²) >= 11 is 0. The van der Waals surface area contributed by atoms with Gasteiger partial charge in [-0.05, 0) is 13.3 Å². The van der Waals surface area contributed by atoms with Crippen molar-refractivity contribution in [2.24, 2.45) is 5.73 Å². The van der Waals surface area contributed by atoms with Gasteiger partial charge in [0.05, 0.1) is 6.61 Å². The number of carbonyl (C=O) groups excluding carboxylic acids is 1. The highest BCUT2D eigenvalue weighted by Crippen LogP contribution is 1.95. The number of esters is 1. The van der Waals surface area contributed by atoms with Gasteiger partial charge in [0.2, 0.25) is 0 Å².